The van der Waals surface area contributed by atoms with Crippen molar-refractivity contribution in [1.82, 2.24) is 0 Å². The van der Waals surface area contributed by atoms with E-state index in [2.05, 4.69) is 0 Å². The Morgan fingerprint density at radius 3 is 2.67 bits per heavy atom. The Hall–Kier alpha value is -0.930. The highest BCUT2D eigenvalue weighted by Gasteiger charge is 2.18. The minimum atomic E-state index is -0.811. The first kappa shape index (κ1) is 15.1. The highest BCUT2D eigenvalue weighted by molar-refractivity contribution is 6.35. The summed E-state index contributed by atoms with van der Waals surface area (Å²) < 4.78 is 0. The minimum absolute atomic E-state index is 0.420. The predicted molar refractivity (Wildman–Crippen MR) is 75.8 cm³/mol. The van der Waals surface area contributed by atoms with Gasteiger partial charge in [-0.05, 0) is 24.6 Å². The van der Waals surface area contributed by atoms with Crippen molar-refractivity contribution in [1.29, 1.82) is 0 Å². The summed E-state index contributed by atoms with van der Waals surface area (Å²) in [5.41, 5.74) is 0.791. The Morgan fingerprint density at radius 2 is 2.11 bits per heavy atom. The third-order valence-corrected chi connectivity index (χ3v) is 3.21. The van der Waals surface area contributed by atoms with Crippen LogP contribution in [0.5, 0.6) is 0 Å². The number of anilines is 1. The van der Waals surface area contributed by atoms with Crippen LogP contribution in [0.3, 0.4) is 0 Å². The molecule has 100 valence electrons. The number of carboxylic acid groups (broad SMARTS) is 1. The van der Waals surface area contributed by atoms with Gasteiger partial charge in [0.25, 0.3) is 0 Å². The van der Waals surface area contributed by atoms with Crippen LogP contribution in [0.1, 0.15) is 20.3 Å². The molecule has 0 aliphatic rings. The molecule has 0 aliphatic carbocycles. The van der Waals surface area contributed by atoms with Crippen LogP contribution in [0.2, 0.25) is 10.0 Å². The van der Waals surface area contributed by atoms with Gasteiger partial charge in [-0.15, -0.1) is 0 Å². The SMILES string of the molecule is CCCN(CC(C)C(=O)O)c1cc(Cl)ccc1Cl. The number of hydrogen-bond acceptors (Lipinski definition) is 2. The van der Waals surface area contributed by atoms with E-state index in [-0.39, 0.29) is 0 Å². The Morgan fingerprint density at radius 1 is 1.44 bits per heavy atom. The average Bonchev–Trinajstić information content (AvgIpc) is 2.31. The molecule has 1 rings (SSSR count). The molecular formula is C13H17Cl2NO2. The van der Waals surface area contributed by atoms with Gasteiger partial charge in [-0.25, -0.2) is 0 Å². The zero-order chi connectivity index (χ0) is 13.7. The van der Waals surface area contributed by atoms with Crippen molar-refractivity contribution in [2.24, 2.45) is 5.92 Å². The zero-order valence-electron chi connectivity index (χ0n) is 10.5. The lowest BCUT2D eigenvalue weighted by atomic mass is 10.1. The number of carbonyl (C=O) groups is 1. The number of rotatable bonds is 6. The number of carboxylic acids is 1. The fourth-order valence-corrected chi connectivity index (χ4v) is 2.12. The third-order valence-electron chi connectivity index (χ3n) is 2.66. The summed E-state index contributed by atoms with van der Waals surface area (Å²) in [6, 6.07) is 5.22. The van der Waals surface area contributed by atoms with Gasteiger partial charge in [0.1, 0.15) is 0 Å². The van der Waals surface area contributed by atoms with Crippen molar-refractivity contribution in [3.63, 3.8) is 0 Å². The highest BCUT2D eigenvalue weighted by Crippen LogP contribution is 2.29. The average molecular weight is 290 g/mol. The summed E-state index contributed by atoms with van der Waals surface area (Å²) in [6.45, 7) is 4.89. The number of nitrogens with zero attached hydrogens (tertiary/aromatic N) is 1. The molecule has 1 aromatic carbocycles. The monoisotopic (exact) mass is 289 g/mol. The highest BCUT2D eigenvalue weighted by atomic mass is 35.5. The van der Waals surface area contributed by atoms with E-state index in [0.717, 1.165) is 18.7 Å². The van der Waals surface area contributed by atoms with Crippen LogP contribution in [-0.4, -0.2) is 24.2 Å². The van der Waals surface area contributed by atoms with Crippen molar-refractivity contribution >= 4 is 34.9 Å². The van der Waals surface area contributed by atoms with E-state index in [1.807, 2.05) is 11.8 Å². The first-order valence-corrected chi connectivity index (χ1v) is 6.64. The maximum atomic E-state index is 10.9. The molecule has 0 aliphatic heterocycles. The van der Waals surface area contributed by atoms with Gasteiger partial charge in [-0.3, -0.25) is 4.79 Å². The quantitative estimate of drug-likeness (QED) is 0.863. The van der Waals surface area contributed by atoms with Gasteiger partial charge in [0.2, 0.25) is 0 Å². The molecule has 5 heteroatoms. The first-order chi connectivity index (χ1) is 8.45. The van der Waals surface area contributed by atoms with E-state index < -0.39 is 11.9 Å². The fourth-order valence-electron chi connectivity index (χ4n) is 1.72. The van der Waals surface area contributed by atoms with Gasteiger partial charge >= 0.3 is 5.97 Å². The van der Waals surface area contributed by atoms with Gasteiger partial charge in [-0.2, -0.15) is 0 Å². The van der Waals surface area contributed by atoms with Gasteiger partial charge in [0.15, 0.2) is 0 Å². The molecule has 0 amide bonds. The molecule has 1 atom stereocenters. The van der Waals surface area contributed by atoms with Gasteiger partial charge in [0.05, 0.1) is 16.6 Å². The smallest absolute Gasteiger partial charge is 0.308 e. The number of aliphatic carboxylic acids is 1. The summed E-state index contributed by atoms with van der Waals surface area (Å²) in [5.74, 6) is -1.26. The molecule has 3 nitrogen and oxygen atoms in total. The van der Waals surface area contributed by atoms with Crippen molar-refractivity contribution in [3.8, 4) is 0 Å². The van der Waals surface area contributed by atoms with Crippen LogP contribution in [-0.2, 0) is 4.79 Å². The molecule has 0 fully saturated rings. The summed E-state index contributed by atoms with van der Waals surface area (Å²) >= 11 is 12.1. The molecule has 18 heavy (non-hydrogen) atoms. The Labute approximate surface area is 117 Å². The maximum absolute atomic E-state index is 10.9. The van der Waals surface area contributed by atoms with E-state index in [1.54, 1.807) is 25.1 Å². The second-order valence-electron chi connectivity index (χ2n) is 4.28. The van der Waals surface area contributed by atoms with Crippen LogP contribution in [0, 0.1) is 5.92 Å². The normalized spacial score (nSPS) is 12.2. The second kappa shape index (κ2) is 6.86. The number of halogens is 2. The van der Waals surface area contributed by atoms with Crippen LogP contribution in [0.25, 0.3) is 0 Å². The van der Waals surface area contributed by atoms with Gasteiger partial charge in [0, 0.05) is 18.1 Å². The molecule has 1 aromatic rings. The second-order valence-corrected chi connectivity index (χ2v) is 5.12. The van der Waals surface area contributed by atoms with Crippen LogP contribution in [0.4, 0.5) is 5.69 Å². The zero-order valence-corrected chi connectivity index (χ0v) is 12.0. The lowest BCUT2D eigenvalue weighted by Gasteiger charge is -2.27. The summed E-state index contributed by atoms with van der Waals surface area (Å²) in [7, 11) is 0. The summed E-state index contributed by atoms with van der Waals surface area (Å²) in [5, 5.41) is 10.2. The van der Waals surface area contributed by atoms with E-state index in [4.69, 9.17) is 28.3 Å². The van der Waals surface area contributed by atoms with Crippen LogP contribution in [0.15, 0.2) is 18.2 Å². The Kier molecular flexibility index (Phi) is 5.76. The number of hydrogen-bond donors (Lipinski definition) is 1. The van der Waals surface area contributed by atoms with Gasteiger partial charge < -0.3 is 10.0 Å². The largest absolute Gasteiger partial charge is 0.481 e. The number of benzene rings is 1. The topological polar surface area (TPSA) is 40.5 Å². The van der Waals surface area contributed by atoms with E-state index in [1.165, 1.54) is 0 Å². The lowest BCUT2D eigenvalue weighted by molar-refractivity contribution is -0.140. The fraction of sp³-hybridized carbons (Fsp3) is 0.462. The molecule has 0 heterocycles. The van der Waals surface area contributed by atoms with Crippen molar-refractivity contribution in [2.45, 2.75) is 20.3 Å². The van der Waals surface area contributed by atoms with Crippen molar-refractivity contribution < 1.29 is 9.90 Å². The van der Waals surface area contributed by atoms with E-state index >= 15 is 0 Å². The summed E-state index contributed by atoms with van der Waals surface area (Å²) in [6.07, 6.45) is 0.912. The standard InChI is InChI=1S/C13H17Cl2NO2/c1-3-6-16(8-9(2)13(17)18)12-7-10(14)4-5-11(12)15/h4-5,7,9H,3,6,8H2,1-2H3,(H,17,18). The maximum Gasteiger partial charge on any atom is 0.308 e. The first-order valence-electron chi connectivity index (χ1n) is 5.88. The molecule has 1 unspecified atom stereocenters. The molecule has 0 saturated heterocycles. The van der Waals surface area contributed by atoms with Crippen molar-refractivity contribution in [3.05, 3.63) is 28.2 Å². The van der Waals surface area contributed by atoms with Gasteiger partial charge in [-0.1, -0.05) is 37.0 Å². The molecule has 1 N–H and O–H groups in total. The molecule has 0 aromatic heterocycles. The molecule has 0 radical (unpaired) electrons. The Balaban J connectivity index is 2.96. The van der Waals surface area contributed by atoms with Crippen LogP contribution >= 0.6 is 23.2 Å². The molecule has 0 spiro atoms. The molecule has 0 bridgehead atoms. The third kappa shape index (κ3) is 4.07. The van der Waals surface area contributed by atoms with Crippen LogP contribution < -0.4 is 4.90 Å². The molecular weight excluding hydrogens is 273 g/mol. The van der Waals surface area contributed by atoms with E-state index in [9.17, 15) is 4.79 Å². The van der Waals surface area contributed by atoms with Crippen molar-refractivity contribution in [2.75, 3.05) is 18.0 Å². The molecule has 0 saturated carbocycles. The Bertz CT molecular complexity index is 423. The van der Waals surface area contributed by atoms with E-state index in [0.29, 0.717) is 16.6 Å². The summed E-state index contributed by atoms with van der Waals surface area (Å²) in [4.78, 5) is 12.9. The predicted octanol–water partition coefficient (Wildman–Crippen LogP) is 3.93. The lowest BCUT2D eigenvalue weighted by Crippen LogP contribution is -2.32. The minimum Gasteiger partial charge on any atom is -0.481 e.